The summed E-state index contributed by atoms with van der Waals surface area (Å²) in [7, 11) is -2.37. The van der Waals surface area contributed by atoms with E-state index in [1.807, 2.05) is 6.92 Å². The van der Waals surface area contributed by atoms with E-state index in [2.05, 4.69) is 5.32 Å². The number of carbonyl (C=O) groups is 1. The van der Waals surface area contributed by atoms with E-state index in [4.69, 9.17) is 9.47 Å². The van der Waals surface area contributed by atoms with Crippen LogP contribution in [0, 0.1) is 0 Å². The van der Waals surface area contributed by atoms with Gasteiger partial charge in [-0.25, -0.2) is 8.42 Å². The maximum absolute atomic E-state index is 12.9. The summed E-state index contributed by atoms with van der Waals surface area (Å²) in [5.74, 6) is 0.491. The number of anilines is 1. The van der Waals surface area contributed by atoms with Crippen molar-refractivity contribution in [1.29, 1.82) is 0 Å². The highest BCUT2D eigenvalue weighted by molar-refractivity contribution is 7.89. The van der Waals surface area contributed by atoms with E-state index in [1.165, 1.54) is 29.6 Å². The monoisotopic (exact) mass is 406 g/mol. The topological polar surface area (TPSA) is 84.9 Å². The minimum atomic E-state index is -3.77. The molecule has 0 aliphatic rings. The first-order valence-electron chi connectivity index (χ1n) is 9.09. The number of ether oxygens (including phenoxy) is 2. The lowest BCUT2D eigenvalue weighted by molar-refractivity contribution is 0.102. The Kier molecular flexibility index (Phi) is 7.42. The predicted molar refractivity (Wildman–Crippen MR) is 109 cm³/mol. The number of hydrogen-bond acceptors (Lipinski definition) is 5. The number of nitrogens with one attached hydrogen (secondary N) is 1. The number of methoxy groups -OCH3 is 1. The summed E-state index contributed by atoms with van der Waals surface area (Å²) in [4.78, 5) is 12.6. The number of nitrogens with zero attached hydrogens (tertiary/aromatic N) is 1. The van der Waals surface area contributed by atoms with Gasteiger partial charge < -0.3 is 14.8 Å². The second-order valence-electron chi connectivity index (χ2n) is 5.87. The fraction of sp³-hybridized carbons (Fsp3) is 0.350. The van der Waals surface area contributed by atoms with Crippen LogP contribution in [0.2, 0.25) is 0 Å². The molecule has 7 nitrogen and oxygen atoms in total. The SMILES string of the molecule is CCOc1ccc(NC(=O)c2ccc(OC)c(S(=O)(=O)N(CC)CC)c2)cc1. The first-order chi connectivity index (χ1) is 13.4. The smallest absolute Gasteiger partial charge is 0.255 e. The molecule has 0 aromatic heterocycles. The molecular formula is C20H26N2O5S. The molecule has 2 aromatic rings. The van der Waals surface area contributed by atoms with Crippen molar-refractivity contribution >= 4 is 21.6 Å². The first-order valence-corrected chi connectivity index (χ1v) is 10.5. The van der Waals surface area contributed by atoms with Gasteiger partial charge in [-0.05, 0) is 49.4 Å². The Balaban J connectivity index is 2.32. The van der Waals surface area contributed by atoms with Crippen LogP contribution in [0.15, 0.2) is 47.4 Å². The van der Waals surface area contributed by atoms with Gasteiger partial charge in [0.25, 0.3) is 5.91 Å². The van der Waals surface area contributed by atoms with Crippen LogP contribution in [-0.4, -0.2) is 45.4 Å². The average Bonchev–Trinajstić information content (AvgIpc) is 2.69. The Labute approximate surface area is 166 Å². The maximum Gasteiger partial charge on any atom is 0.255 e. The van der Waals surface area contributed by atoms with Crippen LogP contribution in [-0.2, 0) is 10.0 Å². The zero-order chi connectivity index (χ0) is 20.7. The van der Waals surface area contributed by atoms with Gasteiger partial charge in [-0.3, -0.25) is 4.79 Å². The van der Waals surface area contributed by atoms with Gasteiger partial charge in [-0.2, -0.15) is 4.31 Å². The molecule has 0 fully saturated rings. The molecule has 8 heteroatoms. The van der Waals surface area contributed by atoms with Gasteiger partial charge in [0, 0.05) is 24.3 Å². The van der Waals surface area contributed by atoms with Gasteiger partial charge in [0.05, 0.1) is 13.7 Å². The van der Waals surface area contributed by atoms with E-state index in [0.29, 0.717) is 31.1 Å². The second-order valence-corrected chi connectivity index (χ2v) is 7.77. The normalized spacial score (nSPS) is 11.3. The molecule has 152 valence electrons. The number of carbonyl (C=O) groups excluding carboxylic acids is 1. The molecule has 1 N–H and O–H groups in total. The van der Waals surface area contributed by atoms with Crippen molar-refractivity contribution in [3.63, 3.8) is 0 Å². The van der Waals surface area contributed by atoms with Crippen molar-refractivity contribution in [2.24, 2.45) is 0 Å². The molecule has 1 amide bonds. The summed E-state index contributed by atoms with van der Waals surface area (Å²) in [6, 6.07) is 11.3. The Morgan fingerprint density at radius 3 is 2.21 bits per heavy atom. The lowest BCUT2D eigenvalue weighted by Gasteiger charge is -2.20. The fourth-order valence-electron chi connectivity index (χ4n) is 2.73. The first kappa shape index (κ1) is 21.7. The summed E-state index contributed by atoms with van der Waals surface area (Å²) in [5.41, 5.74) is 0.804. The molecule has 0 unspecified atom stereocenters. The Hall–Kier alpha value is -2.58. The zero-order valence-corrected chi connectivity index (χ0v) is 17.4. The van der Waals surface area contributed by atoms with Crippen molar-refractivity contribution in [2.75, 3.05) is 32.1 Å². The second kappa shape index (κ2) is 9.57. The maximum atomic E-state index is 12.9. The van der Waals surface area contributed by atoms with Gasteiger partial charge in [-0.15, -0.1) is 0 Å². The minimum Gasteiger partial charge on any atom is -0.495 e. The highest BCUT2D eigenvalue weighted by Gasteiger charge is 2.26. The van der Waals surface area contributed by atoms with Crippen molar-refractivity contribution in [2.45, 2.75) is 25.7 Å². The third kappa shape index (κ3) is 4.82. The molecule has 0 heterocycles. The largest absolute Gasteiger partial charge is 0.495 e. The van der Waals surface area contributed by atoms with Crippen molar-refractivity contribution < 1.29 is 22.7 Å². The minimum absolute atomic E-state index is 0.0296. The van der Waals surface area contributed by atoms with E-state index in [0.717, 1.165) is 0 Å². The Bertz CT molecular complexity index is 907. The number of benzene rings is 2. The van der Waals surface area contributed by atoms with Gasteiger partial charge in [0.1, 0.15) is 16.4 Å². The zero-order valence-electron chi connectivity index (χ0n) is 16.6. The third-order valence-electron chi connectivity index (χ3n) is 4.17. The highest BCUT2D eigenvalue weighted by Crippen LogP contribution is 2.28. The molecule has 0 atom stereocenters. The van der Waals surface area contributed by atoms with E-state index in [9.17, 15) is 13.2 Å². The molecule has 0 saturated heterocycles. The molecule has 0 aliphatic heterocycles. The fourth-order valence-corrected chi connectivity index (χ4v) is 4.37. The molecule has 0 aliphatic carbocycles. The standard InChI is InChI=1S/C20H26N2O5S/c1-5-22(6-2)28(24,25)19-14-15(8-13-18(19)26-4)20(23)21-16-9-11-17(12-10-16)27-7-3/h8-14H,5-7H2,1-4H3,(H,21,23). The molecule has 0 radical (unpaired) electrons. The van der Waals surface area contributed by atoms with Crippen molar-refractivity contribution in [3.8, 4) is 11.5 Å². The van der Waals surface area contributed by atoms with Crippen LogP contribution >= 0.6 is 0 Å². The molecular weight excluding hydrogens is 380 g/mol. The summed E-state index contributed by atoms with van der Waals surface area (Å²) >= 11 is 0. The highest BCUT2D eigenvalue weighted by atomic mass is 32.2. The van der Waals surface area contributed by atoms with E-state index < -0.39 is 15.9 Å². The third-order valence-corrected chi connectivity index (χ3v) is 6.24. The van der Waals surface area contributed by atoms with Gasteiger partial charge in [0.2, 0.25) is 10.0 Å². The lowest BCUT2D eigenvalue weighted by Crippen LogP contribution is -2.31. The molecule has 28 heavy (non-hydrogen) atoms. The number of amides is 1. The summed E-state index contributed by atoms with van der Waals surface area (Å²) in [5, 5.41) is 2.76. The molecule has 2 rings (SSSR count). The Morgan fingerprint density at radius 1 is 1.04 bits per heavy atom. The van der Waals surface area contributed by atoms with Gasteiger partial charge >= 0.3 is 0 Å². The van der Waals surface area contributed by atoms with E-state index in [-0.39, 0.29) is 16.2 Å². The van der Waals surface area contributed by atoms with Crippen LogP contribution in [0.5, 0.6) is 11.5 Å². The van der Waals surface area contributed by atoms with Gasteiger partial charge in [-0.1, -0.05) is 13.8 Å². The summed E-state index contributed by atoms with van der Waals surface area (Å²) in [6.07, 6.45) is 0. The predicted octanol–water partition coefficient (Wildman–Crippen LogP) is 3.38. The molecule has 2 aromatic carbocycles. The molecule has 0 spiro atoms. The molecule has 0 saturated carbocycles. The number of rotatable bonds is 9. The van der Waals surface area contributed by atoms with Crippen LogP contribution in [0.1, 0.15) is 31.1 Å². The average molecular weight is 407 g/mol. The number of sulfonamides is 1. The van der Waals surface area contributed by atoms with Gasteiger partial charge in [0.15, 0.2) is 0 Å². The van der Waals surface area contributed by atoms with E-state index in [1.54, 1.807) is 38.1 Å². The van der Waals surface area contributed by atoms with Crippen molar-refractivity contribution in [1.82, 2.24) is 4.31 Å². The Morgan fingerprint density at radius 2 is 1.68 bits per heavy atom. The summed E-state index contributed by atoms with van der Waals surface area (Å²) in [6.45, 7) is 6.62. The van der Waals surface area contributed by atoms with E-state index >= 15 is 0 Å². The van der Waals surface area contributed by atoms with Crippen LogP contribution in [0.3, 0.4) is 0 Å². The molecule has 0 bridgehead atoms. The quantitative estimate of drug-likeness (QED) is 0.690. The van der Waals surface area contributed by atoms with Crippen LogP contribution in [0.25, 0.3) is 0 Å². The lowest BCUT2D eigenvalue weighted by atomic mass is 10.2. The number of hydrogen-bond donors (Lipinski definition) is 1. The van der Waals surface area contributed by atoms with Crippen molar-refractivity contribution in [3.05, 3.63) is 48.0 Å². The van der Waals surface area contributed by atoms with Crippen LogP contribution < -0.4 is 14.8 Å². The van der Waals surface area contributed by atoms with Crippen LogP contribution in [0.4, 0.5) is 5.69 Å². The summed E-state index contributed by atoms with van der Waals surface area (Å²) < 4.78 is 37.7.